The Morgan fingerprint density at radius 1 is 0.793 bits per heavy atom. The van der Waals surface area contributed by atoms with Crippen molar-refractivity contribution >= 4 is 17.7 Å². The first kappa shape index (κ1) is 21.2. The molecule has 0 heterocycles. The van der Waals surface area contributed by atoms with Crippen LogP contribution in [0.2, 0.25) is 0 Å². The average Bonchev–Trinajstić information content (AvgIpc) is 2.73. The van der Waals surface area contributed by atoms with E-state index in [4.69, 9.17) is 5.11 Å². The van der Waals surface area contributed by atoms with Crippen LogP contribution in [0, 0.1) is 0 Å². The maximum absolute atomic E-state index is 11.0. The minimum absolute atomic E-state index is 0.0427. The number of carbonyl (C=O) groups is 1. The summed E-state index contributed by atoms with van der Waals surface area (Å²) in [5, 5.41) is 12.1. The van der Waals surface area contributed by atoms with Gasteiger partial charge in [0.05, 0.1) is 11.3 Å². The fourth-order valence-corrected chi connectivity index (χ4v) is 5.38. The van der Waals surface area contributed by atoms with Crippen molar-refractivity contribution in [2.75, 3.05) is 13.1 Å². The Bertz CT molecular complexity index is 815. The van der Waals surface area contributed by atoms with Gasteiger partial charge in [0, 0.05) is 11.3 Å². The number of carboxylic acid groups (broad SMARTS) is 1. The van der Waals surface area contributed by atoms with Crippen molar-refractivity contribution < 1.29 is 9.90 Å². The van der Waals surface area contributed by atoms with Crippen molar-refractivity contribution in [1.29, 1.82) is 0 Å². The van der Waals surface area contributed by atoms with Crippen LogP contribution in [0.4, 0.5) is 0 Å². The van der Waals surface area contributed by atoms with Crippen LogP contribution >= 0.6 is 11.8 Å². The maximum atomic E-state index is 11.0. The second-order valence-corrected chi connectivity index (χ2v) is 9.56. The molecule has 0 radical (unpaired) electrons. The first-order valence-electron chi connectivity index (χ1n) is 9.73. The first-order valence-corrected chi connectivity index (χ1v) is 10.5. The van der Waals surface area contributed by atoms with E-state index in [-0.39, 0.29) is 11.3 Å². The highest BCUT2D eigenvalue weighted by Crippen LogP contribution is 2.52. The lowest BCUT2D eigenvalue weighted by molar-refractivity contribution is -0.135. The van der Waals surface area contributed by atoms with Crippen molar-refractivity contribution in [2.45, 2.75) is 23.3 Å². The van der Waals surface area contributed by atoms with Crippen LogP contribution in [-0.4, -0.2) is 28.9 Å². The fourth-order valence-electron chi connectivity index (χ4n) is 3.62. The molecule has 0 fully saturated rings. The van der Waals surface area contributed by atoms with Crippen LogP contribution in [-0.2, 0) is 9.54 Å². The molecule has 3 nitrogen and oxygen atoms in total. The van der Waals surface area contributed by atoms with Gasteiger partial charge in [-0.05, 0) is 30.5 Å². The van der Waals surface area contributed by atoms with Crippen molar-refractivity contribution in [1.82, 2.24) is 5.32 Å². The Labute approximate surface area is 177 Å². The predicted molar refractivity (Wildman–Crippen MR) is 121 cm³/mol. The summed E-state index contributed by atoms with van der Waals surface area (Å²) in [6.45, 7) is 4.86. The number of nitrogens with one attached hydrogen (secondary N) is 1. The number of carboxylic acids is 1. The average molecular weight is 406 g/mol. The molecular formula is C25H27NO2S. The van der Waals surface area contributed by atoms with Gasteiger partial charge in [0.15, 0.2) is 0 Å². The maximum Gasteiger partial charge on any atom is 0.317 e. The lowest BCUT2D eigenvalue weighted by atomic mass is 9.84. The van der Waals surface area contributed by atoms with Crippen molar-refractivity contribution in [3.63, 3.8) is 0 Å². The molecule has 3 rings (SSSR count). The second-order valence-electron chi connectivity index (χ2n) is 7.64. The molecule has 4 heteroatoms. The third-order valence-corrected chi connectivity index (χ3v) is 6.51. The zero-order chi connectivity index (χ0) is 20.7. The Balaban J connectivity index is 2.13. The van der Waals surface area contributed by atoms with Gasteiger partial charge >= 0.3 is 5.97 Å². The highest BCUT2D eigenvalue weighted by Gasteiger charge is 2.41. The Morgan fingerprint density at radius 3 is 1.52 bits per heavy atom. The predicted octanol–water partition coefficient (Wildman–Crippen LogP) is 5.16. The minimum Gasteiger partial charge on any atom is -0.480 e. The van der Waals surface area contributed by atoms with Crippen LogP contribution < -0.4 is 5.32 Å². The zero-order valence-electron chi connectivity index (χ0n) is 16.8. The number of hydrogen-bond donors (Lipinski definition) is 2. The molecule has 0 aliphatic heterocycles. The molecule has 3 aromatic rings. The van der Waals surface area contributed by atoms with Gasteiger partial charge in [0.2, 0.25) is 0 Å². The molecule has 3 aromatic carbocycles. The van der Waals surface area contributed by atoms with Crippen LogP contribution in [0.1, 0.15) is 30.5 Å². The van der Waals surface area contributed by atoms with Gasteiger partial charge in [0.25, 0.3) is 0 Å². The normalized spacial score (nSPS) is 11.9. The van der Waals surface area contributed by atoms with Crippen molar-refractivity contribution in [3.8, 4) is 0 Å². The summed E-state index contributed by atoms with van der Waals surface area (Å²) in [5.74, 6) is -0.841. The van der Waals surface area contributed by atoms with E-state index in [2.05, 4.69) is 92.0 Å². The van der Waals surface area contributed by atoms with Gasteiger partial charge in [-0.1, -0.05) is 91.0 Å². The van der Waals surface area contributed by atoms with Gasteiger partial charge < -0.3 is 10.4 Å². The molecule has 0 aliphatic carbocycles. The van der Waals surface area contributed by atoms with Crippen LogP contribution in [0.5, 0.6) is 0 Å². The summed E-state index contributed by atoms with van der Waals surface area (Å²) in [4.78, 5) is 11.0. The molecule has 0 unspecified atom stereocenters. The van der Waals surface area contributed by atoms with E-state index < -0.39 is 10.7 Å². The fraction of sp³-hybridized carbons (Fsp3) is 0.240. The molecule has 0 bridgehead atoms. The van der Waals surface area contributed by atoms with E-state index >= 15 is 0 Å². The smallest absolute Gasteiger partial charge is 0.317 e. The van der Waals surface area contributed by atoms with E-state index in [0.29, 0.717) is 6.54 Å². The third kappa shape index (κ3) is 5.08. The highest BCUT2D eigenvalue weighted by atomic mass is 32.2. The van der Waals surface area contributed by atoms with Crippen molar-refractivity contribution in [2.24, 2.45) is 0 Å². The zero-order valence-corrected chi connectivity index (χ0v) is 17.7. The summed E-state index contributed by atoms with van der Waals surface area (Å²) >= 11 is 1.85. The molecule has 0 amide bonds. The molecule has 0 saturated carbocycles. The molecule has 0 atom stereocenters. The number of aliphatic carboxylic acids is 1. The summed E-state index contributed by atoms with van der Waals surface area (Å²) in [6.07, 6.45) is 0. The van der Waals surface area contributed by atoms with E-state index in [1.165, 1.54) is 16.7 Å². The molecular weight excluding hydrogens is 378 g/mol. The van der Waals surface area contributed by atoms with Crippen molar-refractivity contribution in [3.05, 3.63) is 108 Å². The SMILES string of the molecule is CC(C)(CNCC(=O)O)SC(c1ccccc1)(c1ccccc1)c1ccccc1. The van der Waals surface area contributed by atoms with Gasteiger partial charge in [0.1, 0.15) is 0 Å². The molecule has 0 aliphatic rings. The standard InChI is InChI=1S/C25H27NO2S/c1-24(2,19-26-18-23(27)28)29-25(20-12-6-3-7-13-20,21-14-8-4-9-15-21)22-16-10-5-11-17-22/h3-17,26H,18-19H2,1-2H3,(H,27,28). The monoisotopic (exact) mass is 405 g/mol. The van der Waals surface area contributed by atoms with Gasteiger partial charge in [-0.2, -0.15) is 0 Å². The first-order chi connectivity index (χ1) is 13.9. The Hall–Kier alpha value is -2.56. The molecule has 0 aromatic heterocycles. The van der Waals surface area contributed by atoms with Crippen LogP contribution in [0.3, 0.4) is 0 Å². The number of benzene rings is 3. The lowest BCUT2D eigenvalue weighted by Gasteiger charge is -2.41. The van der Waals surface area contributed by atoms with Gasteiger partial charge in [-0.3, -0.25) is 4.79 Å². The number of hydrogen-bond acceptors (Lipinski definition) is 3. The molecule has 150 valence electrons. The largest absolute Gasteiger partial charge is 0.480 e. The van der Waals surface area contributed by atoms with E-state index in [9.17, 15) is 4.79 Å². The summed E-state index contributed by atoms with van der Waals surface area (Å²) in [7, 11) is 0. The highest BCUT2D eigenvalue weighted by molar-refractivity contribution is 8.02. The Morgan fingerprint density at radius 2 is 1.17 bits per heavy atom. The molecule has 29 heavy (non-hydrogen) atoms. The Kier molecular flexibility index (Phi) is 6.78. The van der Waals surface area contributed by atoms with E-state index in [1.54, 1.807) is 0 Å². The minimum atomic E-state index is -0.841. The number of rotatable bonds is 9. The van der Waals surface area contributed by atoms with E-state index in [0.717, 1.165) is 0 Å². The van der Waals surface area contributed by atoms with Crippen LogP contribution in [0.15, 0.2) is 91.0 Å². The lowest BCUT2D eigenvalue weighted by Crippen LogP contribution is -2.40. The summed E-state index contributed by atoms with van der Waals surface area (Å²) in [5.41, 5.74) is 3.61. The molecule has 0 saturated heterocycles. The molecule has 2 N–H and O–H groups in total. The molecule has 0 spiro atoms. The third-order valence-electron chi connectivity index (χ3n) is 4.80. The number of thioether (sulfide) groups is 1. The van der Waals surface area contributed by atoms with Crippen LogP contribution in [0.25, 0.3) is 0 Å². The summed E-state index contributed by atoms with van der Waals surface area (Å²) in [6, 6.07) is 31.6. The van der Waals surface area contributed by atoms with Gasteiger partial charge in [-0.15, -0.1) is 11.8 Å². The summed E-state index contributed by atoms with van der Waals surface area (Å²) < 4.78 is -0.644. The van der Waals surface area contributed by atoms with Gasteiger partial charge in [-0.25, -0.2) is 0 Å². The quantitative estimate of drug-likeness (QED) is 0.483. The topological polar surface area (TPSA) is 49.3 Å². The second kappa shape index (κ2) is 9.29. The van der Waals surface area contributed by atoms with E-state index in [1.807, 2.05) is 30.0 Å².